The van der Waals surface area contributed by atoms with Gasteiger partial charge in [-0.25, -0.2) is 0 Å². The number of carbonyl (C=O) groups is 2. The Hall–Kier alpha value is -1.84. The van der Waals surface area contributed by atoms with Crippen molar-refractivity contribution in [1.29, 1.82) is 0 Å². The van der Waals surface area contributed by atoms with E-state index in [-0.39, 0.29) is 5.91 Å². The lowest BCUT2D eigenvalue weighted by molar-refractivity contribution is -0.150. The van der Waals surface area contributed by atoms with Crippen molar-refractivity contribution in [2.75, 3.05) is 12.4 Å². The fraction of sp³-hybridized carbons (Fsp3) is 0.467. The molecular formula is C15H19NO3. The summed E-state index contributed by atoms with van der Waals surface area (Å²) in [6.45, 7) is 5.92. The van der Waals surface area contributed by atoms with Crippen LogP contribution in [0.15, 0.2) is 12.1 Å². The van der Waals surface area contributed by atoms with Crippen molar-refractivity contribution in [2.24, 2.45) is 5.41 Å². The highest BCUT2D eigenvalue weighted by Crippen LogP contribution is 2.47. The summed E-state index contributed by atoms with van der Waals surface area (Å²) in [7, 11) is 1.32. The number of amides is 1. The van der Waals surface area contributed by atoms with Crippen LogP contribution in [0.3, 0.4) is 0 Å². The first kappa shape index (κ1) is 13.6. The van der Waals surface area contributed by atoms with Gasteiger partial charge in [0.1, 0.15) is 5.41 Å². The van der Waals surface area contributed by atoms with Crippen LogP contribution in [-0.2, 0) is 14.3 Å². The molecule has 0 radical (unpaired) electrons. The first-order valence-electron chi connectivity index (χ1n) is 6.38. The number of anilines is 1. The summed E-state index contributed by atoms with van der Waals surface area (Å²) in [5.74, 6) is -0.693. The quantitative estimate of drug-likeness (QED) is 0.672. The fourth-order valence-electron chi connectivity index (χ4n) is 2.45. The predicted octanol–water partition coefficient (Wildman–Crippen LogP) is 2.50. The van der Waals surface area contributed by atoms with Gasteiger partial charge in [0.2, 0.25) is 5.91 Å². The molecule has 0 aliphatic heterocycles. The molecule has 102 valence electrons. The summed E-state index contributed by atoms with van der Waals surface area (Å²) < 4.78 is 4.72. The highest BCUT2D eigenvalue weighted by atomic mass is 16.5. The second kappa shape index (κ2) is 4.68. The van der Waals surface area contributed by atoms with Crippen LogP contribution in [-0.4, -0.2) is 19.0 Å². The number of hydrogen-bond acceptors (Lipinski definition) is 3. The number of aryl methyl sites for hydroxylation is 3. The van der Waals surface area contributed by atoms with Gasteiger partial charge in [-0.1, -0.05) is 17.7 Å². The number of methoxy groups -OCH3 is 1. The zero-order chi connectivity index (χ0) is 14.2. The summed E-state index contributed by atoms with van der Waals surface area (Å²) in [5, 5.41) is 2.88. The summed E-state index contributed by atoms with van der Waals surface area (Å²) in [4.78, 5) is 23.9. The summed E-state index contributed by atoms with van der Waals surface area (Å²) >= 11 is 0. The topological polar surface area (TPSA) is 55.4 Å². The minimum Gasteiger partial charge on any atom is -0.468 e. The Bertz CT molecular complexity index is 521. The average Bonchev–Trinajstić information content (AvgIpc) is 3.13. The van der Waals surface area contributed by atoms with Gasteiger partial charge in [-0.15, -0.1) is 0 Å². The van der Waals surface area contributed by atoms with E-state index in [4.69, 9.17) is 4.74 Å². The number of carbonyl (C=O) groups excluding carboxylic acids is 2. The minimum atomic E-state index is -0.960. The second-order valence-electron chi connectivity index (χ2n) is 5.30. The molecule has 0 heterocycles. The Morgan fingerprint density at radius 3 is 2.11 bits per heavy atom. The smallest absolute Gasteiger partial charge is 0.321 e. The maximum absolute atomic E-state index is 12.3. The molecule has 1 saturated carbocycles. The van der Waals surface area contributed by atoms with Gasteiger partial charge in [-0.05, 0) is 44.7 Å². The number of ether oxygens (including phenoxy) is 1. The monoisotopic (exact) mass is 261 g/mol. The van der Waals surface area contributed by atoms with E-state index in [0.717, 1.165) is 22.4 Å². The Morgan fingerprint density at radius 1 is 1.16 bits per heavy atom. The lowest BCUT2D eigenvalue weighted by Gasteiger charge is -2.16. The van der Waals surface area contributed by atoms with E-state index in [1.54, 1.807) is 0 Å². The number of nitrogens with one attached hydrogen (secondary N) is 1. The van der Waals surface area contributed by atoms with E-state index in [2.05, 4.69) is 5.32 Å². The van der Waals surface area contributed by atoms with Gasteiger partial charge in [0.25, 0.3) is 0 Å². The molecule has 1 amide bonds. The predicted molar refractivity (Wildman–Crippen MR) is 73.0 cm³/mol. The van der Waals surface area contributed by atoms with Gasteiger partial charge < -0.3 is 10.1 Å². The minimum absolute atomic E-state index is 0.255. The molecule has 1 N–H and O–H groups in total. The molecule has 1 aliphatic carbocycles. The molecule has 0 atom stereocenters. The van der Waals surface area contributed by atoms with Crippen LogP contribution in [0.5, 0.6) is 0 Å². The Balaban J connectivity index is 2.23. The van der Waals surface area contributed by atoms with Crippen LogP contribution < -0.4 is 5.32 Å². The van der Waals surface area contributed by atoms with Crippen LogP contribution in [0, 0.1) is 26.2 Å². The van der Waals surface area contributed by atoms with E-state index in [9.17, 15) is 9.59 Å². The number of benzene rings is 1. The standard InChI is InChI=1S/C15H19NO3/c1-9-7-10(2)12(11(3)8-9)16-13(17)15(5-6-15)14(18)19-4/h7-8H,5-6H2,1-4H3,(H,16,17). The average molecular weight is 261 g/mol. The molecule has 1 aromatic rings. The van der Waals surface area contributed by atoms with Crippen molar-refractivity contribution in [3.05, 3.63) is 28.8 Å². The highest BCUT2D eigenvalue weighted by Gasteiger charge is 2.57. The molecule has 0 saturated heterocycles. The van der Waals surface area contributed by atoms with Crippen LogP contribution in [0.2, 0.25) is 0 Å². The summed E-state index contributed by atoms with van der Waals surface area (Å²) in [6.07, 6.45) is 1.13. The number of hydrogen-bond donors (Lipinski definition) is 1. The van der Waals surface area contributed by atoms with Gasteiger partial charge in [-0.3, -0.25) is 9.59 Å². The van der Waals surface area contributed by atoms with Crippen molar-refractivity contribution in [1.82, 2.24) is 0 Å². The van der Waals surface area contributed by atoms with Crippen LogP contribution >= 0.6 is 0 Å². The Labute approximate surface area is 113 Å². The van der Waals surface area contributed by atoms with Crippen molar-refractivity contribution in [3.63, 3.8) is 0 Å². The molecule has 1 aromatic carbocycles. The number of esters is 1. The van der Waals surface area contributed by atoms with Gasteiger partial charge in [0, 0.05) is 5.69 Å². The van der Waals surface area contributed by atoms with E-state index < -0.39 is 11.4 Å². The third kappa shape index (κ3) is 2.35. The molecular weight excluding hydrogens is 242 g/mol. The molecule has 0 aromatic heterocycles. The maximum Gasteiger partial charge on any atom is 0.321 e. The summed E-state index contributed by atoms with van der Waals surface area (Å²) in [6, 6.07) is 4.03. The van der Waals surface area contributed by atoms with E-state index in [1.165, 1.54) is 7.11 Å². The molecule has 0 spiro atoms. The molecule has 1 fully saturated rings. The zero-order valence-corrected chi connectivity index (χ0v) is 11.8. The third-order valence-corrected chi connectivity index (χ3v) is 3.68. The third-order valence-electron chi connectivity index (χ3n) is 3.68. The van der Waals surface area contributed by atoms with Gasteiger partial charge in [-0.2, -0.15) is 0 Å². The molecule has 2 rings (SSSR count). The van der Waals surface area contributed by atoms with Gasteiger partial charge in [0.05, 0.1) is 7.11 Å². The maximum atomic E-state index is 12.3. The van der Waals surface area contributed by atoms with Crippen LogP contribution in [0.1, 0.15) is 29.5 Å². The second-order valence-corrected chi connectivity index (χ2v) is 5.30. The Kier molecular flexibility index (Phi) is 3.35. The van der Waals surface area contributed by atoms with Gasteiger partial charge >= 0.3 is 5.97 Å². The molecule has 19 heavy (non-hydrogen) atoms. The van der Waals surface area contributed by atoms with Gasteiger partial charge in [0.15, 0.2) is 0 Å². The van der Waals surface area contributed by atoms with Crippen molar-refractivity contribution in [2.45, 2.75) is 33.6 Å². The molecule has 1 aliphatic rings. The lowest BCUT2D eigenvalue weighted by atomic mass is 10.0. The highest BCUT2D eigenvalue weighted by molar-refractivity contribution is 6.11. The van der Waals surface area contributed by atoms with Crippen molar-refractivity contribution >= 4 is 17.6 Å². The molecule has 0 bridgehead atoms. The lowest BCUT2D eigenvalue weighted by Crippen LogP contribution is -2.32. The normalized spacial score (nSPS) is 15.8. The molecule has 4 nitrogen and oxygen atoms in total. The van der Waals surface area contributed by atoms with E-state index in [0.29, 0.717) is 12.8 Å². The fourth-order valence-corrected chi connectivity index (χ4v) is 2.45. The zero-order valence-electron chi connectivity index (χ0n) is 11.8. The summed E-state index contributed by atoms with van der Waals surface area (Å²) in [5.41, 5.74) is 3.00. The van der Waals surface area contributed by atoms with Crippen LogP contribution in [0.25, 0.3) is 0 Å². The largest absolute Gasteiger partial charge is 0.468 e. The Morgan fingerprint density at radius 2 is 1.68 bits per heavy atom. The van der Waals surface area contributed by atoms with Crippen molar-refractivity contribution in [3.8, 4) is 0 Å². The van der Waals surface area contributed by atoms with E-state index >= 15 is 0 Å². The van der Waals surface area contributed by atoms with Crippen LogP contribution in [0.4, 0.5) is 5.69 Å². The van der Waals surface area contributed by atoms with Crippen molar-refractivity contribution < 1.29 is 14.3 Å². The number of rotatable bonds is 3. The molecule has 0 unspecified atom stereocenters. The first-order chi connectivity index (χ1) is 8.90. The van der Waals surface area contributed by atoms with E-state index in [1.807, 2.05) is 32.9 Å². The molecule has 4 heteroatoms. The SMILES string of the molecule is COC(=O)C1(C(=O)Nc2c(C)cc(C)cc2C)CC1. The first-order valence-corrected chi connectivity index (χ1v) is 6.38.